The standard InChI is InChI=1S/C27H44O5.C26H40O4/c1-15(6-9-22(30)32-5)18-7-8-19-24-20(11-13-26(18,19)3)27(4)12-10-17(29)14-21(27)23(16(2)28)25(24)31;1-5-17-21-14-16(27)10-12-26(21,4)20-11-13-25(3)18(15(2)6-9-22(28)29)7-8-19(25)23(20)24(17)30/h15-21,23-24,28-29H,6-14H2,1-5H3;5,15-16,18-21,23,27H,6-14H2,1-4H3,(H,28,29)/t15-,16?,17-,18-,19?,20?,21+,23?,24+,26-,27-;15-,16-,18-,19?,20?,21+,23+,25-,26-/m11/s1. The second kappa shape index (κ2) is 17.9. The van der Waals surface area contributed by atoms with E-state index in [0.29, 0.717) is 66.0 Å². The summed E-state index contributed by atoms with van der Waals surface area (Å²) in [5.41, 5.74) is 1.39. The number of rotatable bonds is 9. The number of carboxylic acid groups (broad SMARTS) is 1. The molecule has 0 aromatic heterocycles. The van der Waals surface area contributed by atoms with E-state index in [0.717, 1.165) is 102 Å². The van der Waals surface area contributed by atoms with Crippen molar-refractivity contribution in [1.29, 1.82) is 0 Å². The normalized spacial score (nSPS) is 47.9. The first-order chi connectivity index (χ1) is 29.2. The maximum Gasteiger partial charge on any atom is 0.305 e. The molecule has 4 N–H and O–H groups in total. The van der Waals surface area contributed by atoms with Crippen molar-refractivity contribution in [2.45, 2.75) is 189 Å². The molecular weight excluding hydrogens is 781 g/mol. The van der Waals surface area contributed by atoms with Crippen molar-refractivity contribution in [3.63, 3.8) is 0 Å². The molecule has 6 unspecified atom stereocenters. The minimum atomic E-state index is -0.705. The Morgan fingerprint density at radius 1 is 0.677 bits per heavy atom. The highest BCUT2D eigenvalue weighted by molar-refractivity contribution is 5.99. The number of aliphatic carboxylic acids is 1. The summed E-state index contributed by atoms with van der Waals surface area (Å²) in [5.74, 6) is 3.32. The number of carbonyl (C=O) groups excluding carboxylic acids is 3. The fourth-order valence-electron chi connectivity index (χ4n) is 18.0. The van der Waals surface area contributed by atoms with Crippen LogP contribution in [0.3, 0.4) is 0 Å². The maximum absolute atomic E-state index is 14.0. The first kappa shape index (κ1) is 47.9. The second-order valence-electron chi connectivity index (χ2n) is 23.7. The first-order valence-electron chi connectivity index (χ1n) is 25.2. The van der Waals surface area contributed by atoms with Crippen LogP contribution in [0, 0.1) is 98.6 Å². The topological polar surface area (TPSA) is 158 Å². The first-order valence-corrected chi connectivity index (χ1v) is 25.2. The van der Waals surface area contributed by atoms with Gasteiger partial charge in [-0.3, -0.25) is 19.2 Å². The average Bonchev–Trinajstić information content (AvgIpc) is 3.77. The monoisotopic (exact) mass is 865 g/mol. The summed E-state index contributed by atoms with van der Waals surface area (Å²) in [4.78, 5) is 50.7. The van der Waals surface area contributed by atoms with Crippen LogP contribution in [0.5, 0.6) is 0 Å². The summed E-state index contributed by atoms with van der Waals surface area (Å²) in [5, 5.41) is 40.6. The predicted molar refractivity (Wildman–Crippen MR) is 239 cm³/mol. The fraction of sp³-hybridized carbons (Fsp3) is 0.887. The molecule has 8 rings (SSSR count). The van der Waals surface area contributed by atoms with Crippen LogP contribution in [-0.2, 0) is 23.9 Å². The van der Waals surface area contributed by atoms with Crippen molar-refractivity contribution in [3.05, 3.63) is 11.6 Å². The van der Waals surface area contributed by atoms with Crippen molar-refractivity contribution in [2.75, 3.05) is 7.11 Å². The van der Waals surface area contributed by atoms with Gasteiger partial charge in [-0.15, -0.1) is 0 Å². The Hall–Kier alpha value is -2.10. The zero-order valence-corrected chi connectivity index (χ0v) is 39.9. The molecule has 0 aliphatic heterocycles. The Labute approximate surface area is 373 Å². The molecule has 8 aliphatic carbocycles. The van der Waals surface area contributed by atoms with E-state index in [9.17, 15) is 34.5 Å². The minimum absolute atomic E-state index is 0.0232. The Morgan fingerprint density at radius 2 is 1.16 bits per heavy atom. The molecule has 0 heterocycles. The number of ketones is 2. The van der Waals surface area contributed by atoms with E-state index < -0.39 is 12.1 Å². The summed E-state index contributed by atoms with van der Waals surface area (Å²) in [7, 11) is 1.45. The molecule has 9 heteroatoms. The van der Waals surface area contributed by atoms with Gasteiger partial charge in [0, 0.05) is 30.6 Å². The van der Waals surface area contributed by atoms with Crippen molar-refractivity contribution in [3.8, 4) is 0 Å². The van der Waals surface area contributed by atoms with Gasteiger partial charge in [0.1, 0.15) is 5.78 Å². The summed E-state index contributed by atoms with van der Waals surface area (Å²) in [6.07, 6.45) is 17.0. The molecular formula is C53H84O9. The lowest BCUT2D eigenvalue weighted by molar-refractivity contribution is -0.181. The summed E-state index contributed by atoms with van der Waals surface area (Å²) in [6.45, 7) is 17.9. The number of carbonyl (C=O) groups is 4. The third-order valence-corrected chi connectivity index (χ3v) is 21.2. The molecule has 8 fully saturated rings. The van der Waals surface area contributed by atoms with Gasteiger partial charge < -0.3 is 25.2 Å². The van der Waals surface area contributed by atoms with Crippen molar-refractivity contribution in [1.82, 2.24) is 0 Å². The van der Waals surface area contributed by atoms with E-state index >= 15 is 0 Å². The quantitative estimate of drug-likeness (QED) is 0.131. The van der Waals surface area contributed by atoms with Gasteiger partial charge in [0.2, 0.25) is 0 Å². The van der Waals surface area contributed by atoms with Gasteiger partial charge in [-0.25, -0.2) is 0 Å². The molecule has 0 spiro atoms. The van der Waals surface area contributed by atoms with Gasteiger partial charge in [0.25, 0.3) is 0 Å². The molecule has 9 nitrogen and oxygen atoms in total. The van der Waals surface area contributed by atoms with Crippen LogP contribution in [-0.4, -0.2) is 69.4 Å². The zero-order valence-electron chi connectivity index (χ0n) is 39.9. The summed E-state index contributed by atoms with van der Waals surface area (Å²) in [6, 6.07) is 0. The van der Waals surface area contributed by atoms with E-state index in [-0.39, 0.29) is 81.6 Å². The van der Waals surface area contributed by atoms with E-state index in [1.54, 1.807) is 6.92 Å². The van der Waals surface area contributed by atoms with Crippen molar-refractivity contribution >= 4 is 23.5 Å². The molecule has 0 radical (unpaired) electrons. The SMILES string of the molecule is CC=C1C(=O)[C@H]2C3CC[C@H]([C@H](C)CCC(=O)O)[C@@]3(C)CCC2[C@@]2(C)CC[C@@H](O)C[C@@H]12.COC(=O)CC[C@@H](C)[C@H]1CCC2[C@@H]3C(=O)C(C(C)O)[C@@H]4C[C@H](O)CC[C@]4(C)C3CC[C@@]21C. The Kier molecular flexibility index (Phi) is 13.8. The van der Waals surface area contributed by atoms with Gasteiger partial charge >= 0.3 is 11.9 Å². The Bertz CT molecular complexity index is 1720. The highest BCUT2D eigenvalue weighted by atomic mass is 16.5. The smallest absolute Gasteiger partial charge is 0.305 e. The largest absolute Gasteiger partial charge is 0.481 e. The number of aliphatic hydroxyl groups excluding tert-OH is 3. The highest BCUT2D eigenvalue weighted by Gasteiger charge is 2.67. The summed E-state index contributed by atoms with van der Waals surface area (Å²) >= 11 is 0. The van der Waals surface area contributed by atoms with E-state index in [1.165, 1.54) is 7.11 Å². The molecule has 20 atom stereocenters. The second-order valence-corrected chi connectivity index (χ2v) is 23.7. The van der Waals surface area contributed by atoms with Crippen LogP contribution in [0.4, 0.5) is 0 Å². The third kappa shape index (κ3) is 7.91. The number of carboxylic acids is 1. The lowest BCUT2D eigenvalue weighted by Gasteiger charge is -2.62. The highest BCUT2D eigenvalue weighted by Crippen LogP contribution is 2.70. The van der Waals surface area contributed by atoms with Crippen LogP contribution >= 0.6 is 0 Å². The van der Waals surface area contributed by atoms with Gasteiger partial charge in [-0.05, 0) is 203 Å². The van der Waals surface area contributed by atoms with Gasteiger partial charge in [0.15, 0.2) is 5.78 Å². The van der Waals surface area contributed by atoms with Crippen molar-refractivity contribution < 1.29 is 44.3 Å². The maximum atomic E-state index is 14.0. The van der Waals surface area contributed by atoms with Crippen LogP contribution in [0.1, 0.15) is 171 Å². The zero-order chi connectivity index (χ0) is 45.3. The number of allylic oxidation sites excluding steroid dienone is 2. The van der Waals surface area contributed by atoms with Gasteiger partial charge in [-0.2, -0.15) is 0 Å². The molecule has 350 valence electrons. The number of aliphatic hydroxyl groups is 3. The van der Waals surface area contributed by atoms with E-state index in [2.05, 4.69) is 41.5 Å². The number of fused-ring (bicyclic) bond motifs is 10. The molecule has 0 saturated heterocycles. The number of Topliss-reactive ketones (excluding diaryl/α,β-unsaturated/α-hetero) is 2. The van der Waals surface area contributed by atoms with Crippen LogP contribution in [0.2, 0.25) is 0 Å². The number of hydrogen-bond acceptors (Lipinski definition) is 8. The number of hydrogen-bond donors (Lipinski definition) is 4. The molecule has 0 amide bonds. The molecule has 8 aliphatic rings. The molecule has 0 aromatic carbocycles. The van der Waals surface area contributed by atoms with E-state index in [1.807, 2.05) is 13.0 Å². The predicted octanol–water partition coefficient (Wildman–Crippen LogP) is 9.62. The molecule has 62 heavy (non-hydrogen) atoms. The van der Waals surface area contributed by atoms with Crippen molar-refractivity contribution in [2.24, 2.45) is 98.6 Å². The van der Waals surface area contributed by atoms with Gasteiger partial charge in [0.05, 0.1) is 25.4 Å². The third-order valence-electron chi connectivity index (χ3n) is 21.2. The number of esters is 1. The van der Waals surface area contributed by atoms with Crippen LogP contribution < -0.4 is 0 Å². The summed E-state index contributed by atoms with van der Waals surface area (Å²) < 4.78 is 4.86. The number of methoxy groups -OCH3 is 1. The lowest BCUT2D eigenvalue weighted by Crippen LogP contribution is -2.62. The van der Waals surface area contributed by atoms with Crippen LogP contribution in [0.25, 0.3) is 0 Å². The number of ether oxygens (including phenoxy) is 1. The average molecular weight is 865 g/mol. The lowest BCUT2D eigenvalue weighted by atomic mass is 9.41. The Balaban J connectivity index is 0.000000187. The van der Waals surface area contributed by atoms with Gasteiger partial charge in [-0.1, -0.05) is 47.6 Å². The molecule has 0 bridgehead atoms. The Morgan fingerprint density at radius 3 is 1.69 bits per heavy atom. The molecule has 0 aromatic rings. The van der Waals surface area contributed by atoms with E-state index in [4.69, 9.17) is 9.84 Å². The van der Waals surface area contributed by atoms with Crippen LogP contribution in [0.15, 0.2) is 11.6 Å². The fourth-order valence-corrected chi connectivity index (χ4v) is 18.0. The minimum Gasteiger partial charge on any atom is -0.481 e. The molecule has 8 saturated carbocycles.